The third kappa shape index (κ3) is 11.9. The molecule has 0 aliphatic carbocycles. The molecule has 290 valence electrons. The molecule has 0 radical (unpaired) electrons. The summed E-state index contributed by atoms with van der Waals surface area (Å²) in [5.74, 6) is -3.09. The van der Waals surface area contributed by atoms with Crippen LogP contribution in [0.3, 0.4) is 0 Å². The Balaban J connectivity index is 1.44. The summed E-state index contributed by atoms with van der Waals surface area (Å²) >= 11 is 6.17. The van der Waals surface area contributed by atoms with Crippen LogP contribution in [0.25, 0.3) is 11.1 Å². The third-order valence-corrected chi connectivity index (χ3v) is 8.43. The van der Waals surface area contributed by atoms with Crippen LogP contribution in [0.15, 0.2) is 66.9 Å². The number of hydrogen-bond acceptors (Lipinski definition) is 9. The number of aromatic nitrogens is 1. The number of aryl methyl sites for hydroxylation is 1. The van der Waals surface area contributed by atoms with Gasteiger partial charge in [-0.25, -0.2) is 8.78 Å². The second-order valence-corrected chi connectivity index (χ2v) is 12.5. The van der Waals surface area contributed by atoms with Crippen molar-refractivity contribution in [2.75, 3.05) is 66.0 Å². The number of benzene rings is 3. The van der Waals surface area contributed by atoms with Crippen molar-refractivity contribution in [3.05, 3.63) is 111 Å². The number of rotatable bonds is 23. The van der Waals surface area contributed by atoms with Gasteiger partial charge in [0.1, 0.15) is 24.0 Å². The number of amides is 2. The minimum atomic E-state index is -0.909. The maximum absolute atomic E-state index is 15.6. The number of nitrogens with one attached hydrogen (secondary N) is 1. The van der Waals surface area contributed by atoms with Crippen LogP contribution in [0, 0.1) is 18.6 Å². The van der Waals surface area contributed by atoms with Gasteiger partial charge >= 0.3 is 0 Å². The Morgan fingerprint density at radius 3 is 2.00 bits per heavy atom. The Hall–Kier alpha value is -4.70. The van der Waals surface area contributed by atoms with Gasteiger partial charge in [0.25, 0.3) is 5.91 Å². The summed E-state index contributed by atoms with van der Waals surface area (Å²) in [5.41, 5.74) is 10.9. The molecule has 4 aromatic rings. The highest BCUT2D eigenvalue weighted by Gasteiger charge is 2.31. The number of carbonyl (C=O) groups is 3. The molecule has 1 atom stereocenters. The number of primary amides is 1. The highest BCUT2D eigenvalue weighted by atomic mass is 35.5. The Bertz CT molecular complexity index is 1870. The molecule has 0 spiro atoms. The first-order valence-electron chi connectivity index (χ1n) is 17.3. The van der Waals surface area contributed by atoms with Crippen molar-refractivity contribution in [2.45, 2.75) is 19.4 Å². The first-order chi connectivity index (χ1) is 26.0. The molecule has 1 aromatic heterocycles. The lowest BCUT2D eigenvalue weighted by Crippen LogP contribution is -2.32. The lowest BCUT2D eigenvalue weighted by Gasteiger charge is -2.19. The zero-order chi connectivity index (χ0) is 39.0. The molecule has 2 amide bonds. The van der Waals surface area contributed by atoms with E-state index in [2.05, 4.69) is 5.32 Å². The van der Waals surface area contributed by atoms with Crippen LogP contribution in [-0.4, -0.2) is 88.2 Å². The summed E-state index contributed by atoms with van der Waals surface area (Å²) in [5, 5.41) is 3.13. The SMILES string of the molecule is Cc1c(F)ccc(F)c1-c1c(C(=O)N[C@@H](CC(N)=O)c2cccc(Cl)c2)cn(C)c1C(=O)c1ccc(OCCOCCOCCOCCOCCN)cc1. The zero-order valence-corrected chi connectivity index (χ0v) is 31.0. The molecule has 12 nitrogen and oxygen atoms in total. The fourth-order valence-corrected chi connectivity index (χ4v) is 5.80. The zero-order valence-electron chi connectivity index (χ0n) is 30.2. The lowest BCUT2D eigenvalue weighted by atomic mass is 9.92. The molecule has 54 heavy (non-hydrogen) atoms. The lowest BCUT2D eigenvalue weighted by molar-refractivity contribution is -0.118. The van der Waals surface area contributed by atoms with Gasteiger partial charge in [-0.05, 0) is 66.6 Å². The van der Waals surface area contributed by atoms with Gasteiger partial charge < -0.3 is 45.0 Å². The molecule has 0 fully saturated rings. The average molecular weight is 771 g/mol. The van der Waals surface area contributed by atoms with Gasteiger partial charge in [0, 0.05) is 41.5 Å². The molecule has 0 aliphatic rings. The maximum Gasteiger partial charge on any atom is 0.253 e. The normalized spacial score (nSPS) is 11.7. The van der Waals surface area contributed by atoms with Gasteiger partial charge in [-0.3, -0.25) is 14.4 Å². The standard InChI is InChI=1S/C39H45ClF2N4O8/c1-25-31(41)10-11-32(42)35(25)36-30(39(49)45-33(23-34(44)47)27-4-3-5-28(40)22-27)24-46(2)37(36)38(48)26-6-8-29(9-7-26)54-21-20-53-19-18-52-17-16-51-15-14-50-13-12-43/h3-11,22,24,33H,12-21,23,43H2,1-2H3,(H2,44,47)(H,45,49)/t33-/m0/s1. The van der Waals surface area contributed by atoms with E-state index in [9.17, 15) is 18.8 Å². The van der Waals surface area contributed by atoms with E-state index in [0.717, 1.165) is 12.1 Å². The molecule has 3 aromatic carbocycles. The van der Waals surface area contributed by atoms with Crippen molar-refractivity contribution < 1.29 is 46.8 Å². The van der Waals surface area contributed by atoms with Crippen LogP contribution in [-0.2, 0) is 30.8 Å². The second kappa shape index (κ2) is 21.3. The molecule has 0 aliphatic heterocycles. The van der Waals surface area contributed by atoms with Gasteiger partial charge in [0.15, 0.2) is 0 Å². The smallest absolute Gasteiger partial charge is 0.253 e. The van der Waals surface area contributed by atoms with Gasteiger partial charge in [-0.2, -0.15) is 0 Å². The van der Waals surface area contributed by atoms with E-state index in [0.29, 0.717) is 75.7 Å². The predicted octanol–water partition coefficient (Wildman–Crippen LogP) is 4.91. The van der Waals surface area contributed by atoms with Crippen molar-refractivity contribution in [3.63, 3.8) is 0 Å². The largest absolute Gasteiger partial charge is 0.491 e. The molecule has 1 heterocycles. The summed E-state index contributed by atoms with van der Waals surface area (Å²) in [7, 11) is 1.52. The molecular formula is C39H45ClF2N4O8. The van der Waals surface area contributed by atoms with Crippen LogP contribution < -0.4 is 21.5 Å². The fraction of sp³-hybridized carbons (Fsp3) is 0.359. The summed E-state index contributed by atoms with van der Waals surface area (Å²) in [6.07, 6.45) is 1.09. The minimum Gasteiger partial charge on any atom is -0.491 e. The van der Waals surface area contributed by atoms with Gasteiger partial charge in [0.05, 0.1) is 76.6 Å². The average Bonchev–Trinajstić information content (AvgIpc) is 3.49. The summed E-state index contributed by atoms with van der Waals surface area (Å²) in [4.78, 5) is 40.0. The van der Waals surface area contributed by atoms with E-state index in [4.69, 9.17) is 46.8 Å². The summed E-state index contributed by atoms with van der Waals surface area (Å²) < 4.78 is 59.2. The van der Waals surface area contributed by atoms with Crippen molar-refractivity contribution >= 4 is 29.2 Å². The Morgan fingerprint density at radius 1 is 0.815 bits per heavy atom. The van der Waals surface area contributed by atoms with E-state index in [-0.39, 0.29) is 46.5 Å². The monoisotopic (exact) mass is 770 g/mol. The Kier molecular flexibility index (Phi) is 16.6. The second-order valence-electron chi connectivity index (χ2n) is 12.1. The summed E-state index contributed by atoms with van der Waals surface area (Å²) in [6.45, 7) is 5.47. The molecule has 5 N–H and O–H groups in total. The van der Waals surface area contributed by atoms with Crippen molar-refractivity contribution in [1.29, 1.82) is 0 Å². The molecule has 4 rings (SSSR count). The minimum absolute atomic E-state index is 0.0608. The van der Waals surface area contributed by atoms with Crippen molar-refractivity contribution in [1.82, 2.24) is 9.88 Å². The molecule has 0 bridgehead atoms. The molecule has 0 unspecified atom stereocenters. The van der Waals surface area contributed by atoms with Gasteiger partial charge in [-0.1, -0.05) is 23.7 Å². The predicted molar refractivity (Wildman–Crippen MR) is 199 cm³/mol. The Morgan fingerprint density at radius 2 is 1.41 bits per heavy atom. The van der Waals surface area contributed by atoms with E-state index in [1.165, 1.54) is 36.9 Å². The molecule has 15 heteroatoms. The molecular weight excluding hydrogens is 726 g/mol. The fourth-order valence-electron chi connectivity index (χ4n) is 5.60. The third-order valence-electron chi connectivity index (χ3n) is 8.19. The number of nitrogens with two attached hydrogens (primary N) is 2. The quantitative estimate of drug-likeness (QED) is 0.0702. The van der Waals surface area contributed by atoms with Crippen molar-refractivity contribution in [2.24, 2.45) is 18.5 Å². The van der Waals surface area contributed by atoms with Crippen LogP contribution in [0.4, 0.5) is 8.78 Å². The van der Waals surface area contributed by atoms with Crippen LogP contribution in [0.2, 0.25) is 5.02 Å². The van der Waals surface area contributed by atoms with E-state index in [1.807, 2.05) is 0 Å². The first kappa shape index (κ1) is 42.0. The van der Waals surface area contributed by atoms with Crippen LogP contribution >= 0.6 is 11.6 Å². The van der Waals surface area contributed by atoms with E-state index < -0.39 is 35.3 Å². The summed E-state index contributed by atoms with van der Waals surface area (Å²) in [6, 6.07) is 13.8. The maximum atomic E-state index is 15.6. The Labute approximate surface area is 317 Å². The van der Waals surface area contributed by atoms with Crippen molar-refractivity contribution in [3.8, 4) is 16.9 Å². The van der Waals surface area contributed by atoms with Gasteiger partial charge in [0.2, 0.25) is 11.7 Å². The number of ketones is 1. The number of hydrogen-bond donors (Lipinski definition) is 3. The number of carbonyl (C=O) groups excluding carboxylic acids is 3. The number of nitrogens with zero attached hydrogens (tertiary/aromatic N) is 1. The van der Waals surface area contributed by atoms with Crippen LogP contribution in [0.5, 0.6) is 5.75 Å². The number of ether oxygens (including phenoxy) is 5. The molecule has 0 saturated heterocycles. The highest BCUT2D eigenvalue weighted by Crippen LogP contribution is 2.37. The first-order valence-corrected chi connectivity index (χ1v) is 17.7. The number of halogens is 3. The van der Waals surface area contributed by atoms with Gasteiger partial charge in [-0.15, -0.1) is 0 Å². The van der Waals surface area contributed by atoms with Crippen LogP contribution in [0.1, 0.15) is 50.0 Å². The highest BCUT2D eigenvalue weighted by molar-refractivity contribution is 6.30. The topological polar surface area (TPSA) is 166 Å². The molecule has 0 saturated carbocycles. The van der Waals surface area contributed by atoms with E-state index >= 15 is 4.39 Å². The van der Waals surface area contributed by atoms with E-state index in [1.54, 1.807) is 36.4 Å².